The van der Waals surface area contributed by atoms with Crippen molar-refractivity contribution in [1.29, 1.82) is 0 Å². The molecule has 0 fully saturated rings. The Bertz CT molecular complexity index is 173. The van der Waals surface area contributed by atoms with Crippen molar-refractivity contribution in [1.82, 2.24) is 0 Å². The molecule has 0 saturated carbocycles. The van der Waals surface area contributed by atoms with Gasteiger partial charge in [-0.1, -0.05) is 18.7 Å². The van der Waals surface area contributed by atoms with Crippen LogP contribution in [-0.2, 0) is 0 Å². The number of allylic oxidation sites excluding steroid dienone is 4. The van der Waals surface area contributed by atoms with Crippen molar-refractivity contribution in [2.45, 2.75) is 13.8 Å². The smallest absolute Gasteiger partial charge is 0.0581 e. The van der Waals surface area contributed by atoms with Crippen molar-refractivity contribution in [3.8, 4) is 0 Å². The summed E-state index contributed by atoms with van der Waals surface area (Å²) in [6, 6.07) is 0. The van der Waals surface area contributed by atoms with Gasteiger partial charge < -0.3 is 0 Å². The van der Waals surface area contributed by atoms with E-state index in [0.29, 0.717) is 0 Å². The van der Waals surface area contributed by atoms with Crippen molar-refractivity contribution in [2.24, 2.45) is 4.99 Å². The molecule has 0 rings (SSSR count). The first kappa shape index (κ1) is 8.89. The van der Waals surface area contributed by atoms with Gasteiger partial charge in [-0.15, -0.1) is 0 Å². The lowest BCUT2D eigenvalue weighted by atomic mass is 10.4. The summed E-state index contributed by atoms with van der Waals surface area (Å²) in [5, 5.41) is 0. The fraction of sp³-hybridized carbons (Fsp3) is 0.222. The zero-order valence-corrected chi connectivity index (χ0v) is 6.54. The van der Waals surface area contributed by atoms with E-state index in [2.05, 4.69) is 11.6 Å². The lowest BCUT2D eigenvalue weighted by Crippen LogP contribution is -1.69. The SMILES string of the molecule is C=CC(=C\C)/N=C\C=C/C. The number of rotatable bonds is 3. The van der Waals surface area contributed by atoms with Gasteiger partial charge in [0.05, 0.1) is 5.70 Å². The minimum absolute atomic E-state index is 0.901. The third kappa shape index (κ3) is 3.84. The zero-order valence-electron chi connectivity index (χ0n) is 6.54. The molecule has 0 spiro atoms. The molecule has 0 bridgehead atoms. The monoisotopic (exact) mass is 135 g/mol. The molecule has 0 unspecified atom stereocenters. The van der Waals surface area contributed by atoms with Gasteiger partial charge in [-0.3, -0.25) is 4.99 Å². The fourth-order valence-electron chi connectivity index (χ4n) is 0.460. The summed E-state index contributed by atoms with van der Waals surface area (Å²) < 4.78 is 0. The minimum atomic E-state index is 0.901. The Labute approximate surface area is 62.5 Å². The summed E-state index contributed by atoms with van der Waals surface area (Å²) in [5.41, 5.74) is 0.901. The Morgan fingerprint density at radius 3 is 2.50 bits per heavy atom. The van der Waals surface area contributed by atoms with Crippen molar-refractivity contribution in [3.63, 3.8) is 0 Å². The van der Waals surface area contributed by atoms with E-state index in [1.54, 1.807) is 12.3 Å². The second-order valence-electron chi connectivity index (χ2n) is 1.72. The van der Waals surface area contributed by atoms with E-state index in [4.69, 9.17) is 0 Å². The Morgan fingerprint density at radius 2 is 2.10 bits per heavy atom. The van der Waals surface area contributed by atoms with Crippen molar-refractivity contribution >= 4 is 6.21 Å². The molecule has 0 radical (unpaired) electrons. The molecule has 0 aliphatic rings. The van der Waals surface area contributed by atoms with Gasteiger partial charge in [0.1, 0.15) is 0 Å². The summed E-state index contributed by atoms with van der Waals surface area (Å²) in [4.78, 5) is 4.08. The lowest BCUT2D eigenvalue weighted by Gasteiger charge is -1.85. The molecule has 0 saturated heterocycles. The number of hydrogen-bond donors (Lipinski definition) is 0. The molecule has 0 aromatic carbocycles. The van der Waals surface area contributed by atoms with E-state index in [9.17, 15) is 0 Å². The molecule has 0 amide bonds. The standard InChI is InChI=1S/C9H13N/c1-4-7-8-10-9(5-2)6-3/h4-8H,2H2,1,3H3/b7-4-,9-6+,10-8-. The molecule has 54 valence electrons. The Hall–Kier alpha value is -1.11. The van der Waals surface area contributed by atoms with Gasteiger partial charge in [0.25, 0.3) is 0 Å². The minimum Gasteiger partial charge on any atom is -0.257 e. The molecular formula is C9H13N. The van der Waals surface area contributed by atoms with Gasteiger partial charge >= 0.3 is 0 Å². The highest BCUT2D eigenvalue weighted by Gasteiger charge is 1.76. The third-order valence-electron chi connectivity index (χ3n) is 1.01. The van der Waals surface area contributed by atoms with Crippen LogP contribution < -0.4 is 0 Å². The van der Waals surface area contributed by atoms with Gasteiger partial charge in [-0.2, -0.15) is 0 Å². The van der Waals surface area contributed by atoms with Gasteiger partial charge in [-0.25, -0.2) is 0 Å². The quantitative estimate of drug-likeness (QED) is 0.417. The summed E-state index contributed by atoms with van der Waals surface area (Å²) in [6.07, 6.45) is 9.19. The fourth-order valence-corrected chi connectivity index (χ4v) is 0.460. The summed E-state index contributed by atoms with van der Waals surface area (Å²) in [5.74, 6) is 0. The van der Waals surface area contributed by atoms with Gasteiger partial charge in [0.2, 0.25) is 0 Å². The first-order valence-electron chi connectivity index (χ1n) is 3.29. The van der Waals surface area contributed by atoms with Crippen LogP contribution in [-0.4, -0.2) is 6.21 Å². The molecular weight excluding hydrogens is 122 g/mol. The molecule has 0 heterocycles. The molecule has 0 aliphatic heterocycles. The number of hydrogen-bond acceptors (Lipinski definition) is 1. The van der Waals surface area contributed by atoms with Gasteiger partial charge in [0, 0.05) is 6.21 Å². The first-order chi connectivity index (χ1) is 4.85. The van der Waals surface area contributed by atoms with Crippen LogP contribution in [0.3, 0.4) is 0 Å². The summed E-state index contributed by atoms with van der Waals surface area (Å²) in [7, 11) is 0. The van der Waals surface area contributed by atoms with E-state index < -0.39 is 0 Å². The van der Waals surface area contributed by atoms with Crippen LogP contribution in [0.25, 0.3) is 0 Å². The van der Waals surface area contributed by atoms with Crippen molar-refractivity contribution < 1.29 is 0 Å². The zero-order chi connectivity index (χ0) is 7.82. The average Bonchev–Trinajstić information content (AvgIpc) is 1.99. The molecule has 10 heavy (non-hydrogen) atoms. The highest BCUT2D eigenvalue weighted by atomic mass is 14.7. The van der Waals surface area contributed by atoms with E-state index in [0.717, 1.165) is 5.70 Å². The van der Waals surface area contributed by atoms with Crippen LogP contribution in [0.1, 0.15) is 13.8 Å². The second-order valence-corrected chi connectivity index (χ2v) is 1.72. The average molecular weight is 135 g/mol. The van der Waals surface area contributed by atoms with E-state index in [-0.39, 0.29) is 0 Å². The van der Waals surface area contributed by atoms with Crippen LogP contribution in [0.15, 0.2) is 41.6 Å². The molecule has 1 heteroatoms. The first-order valence-corrected chi connectivity index (χ1v) is 3.29. The Kier molecular flexibility index (Phi) is 5.35. The third-order valence-corrected chi connectivity index (χ3v) is 1.01. The normalized spacial score (nSPS) is 13.2. The highest BCUT2D eigenvalue weighted by molar-refractivity contribution is 5.72. The topological polar surface area (TPSA) is 12.4 Å². The van der Waals surface area contributed by atoms with Crippen LogP contribution in [0.5, 0.6) is 0 Å². The summed E-state index contributed by atoms with van der Waals surface area (Å²) >= 11 is 0. The number of aliphatic imine (C=N–C) groups is 1. The Balaban J connectivity index is 3.98. The molecule has 0 aliphatic carbocycles. The largest absolute Gasteiger partial charge is 0.257 e. The predicted octanol–water partition coefficient (Wildman–Crippen LogP) is 2.72. The lowest BCUT2D eigenvalue weighted by molar-refractivity contribution is 1.40. The maximum Gasteiger partial charge on any atom is 0.0581 e. The van der Waals surface area contributed by atoms with Crippen LogP contribution in [0, 0.1) is 0 Å². The van der Waals surface area contributed by atoms with Crippen LogP contribution in [0.4, 0.5) is 0 Å². The van der Waals surface area contributed by atoms with E-state index in [1.165, 1.54) is 0 Å². The summed E-state index contributed by atoms with van der Waals surface area (Å²) in [6.45, 7) is 7.49. The molecule has 0 N–H and O–H groups in total. The number of nitrogens with zero attached hydrogens (tertiary/aromatic N) is 1. The maximum atomic E-state index is 4.08. The highest BCUT2D eigenvalue weighted by Crippen LogP contribution is 1.94. The van der Waals surface area contributed by atoms with E-state index in [1.807, 2.05) is 32.1 Å². The second kappa shape index (κ2) is 6.02. The van der Waals surface area contributed by atoms with E-state index >= 15 is 0 Å². The maximum absolute atomic E-state index is 4.08. The van der Waals surface area contributed by atoms with Crippen LogP contribution >= 0.6 is 0 Å². The molecule has 1 nitrogen and oxygen atoms in total. The molecule has 0 atom stereocenters. The van der Waals surface area contributed by atoms with Crippen LogP contribution in [0.2, 0.25) is 0 Å². The molecule has 0 aromatic rings. The van der Waals surface area contributed by atoms with Gasteiger partial charge in [-0.05, 0) is 26.0 Å². The van der Waals surface area contributed by atoms with Gasteiger partial charge in [0.15, 0.2) is 0 Å². The molecule has 0 aromatic heterocycles. The van der Waals surface area contributed by atoms with Crippen molar-refractivity contribution in [3.05, 3.63) is 36.6 Å². The van der Waals surface area contributed by atoms with Crippen molar-refractivity contribution in [2.75, 3.05) is 0 Å². The predicted molar refractivity (Wildman–Crippen MR) is 47.3 cm³/mol. The Morgan fingerprint density at radius 1 is 1.40 bits per heavy atom.